The number of halogens is 2. The van der Waals surface area contributed by atoms with Crippen LogP contribution < -0.4 is 9.62 Å². The molecule has 0 aliphatic carbocycles. The fourth-order valence-corrected chi connectivity index (χ4v) is 6.81. The molecule has 1 atom stereocenters. The molecule has 45 heavy (non-hydrogen) atoms. The second-order valence-electron chi connectivity index (χ2n) is 10.7. The molecule has 4 aromatic carbocycles. The standard InChI is InChI=1S/C35H37Cl2N3O4S/c1-3-4-21-38-35(42)33(22-27-13-7-5-8-14-27)39(24-28-15-11-12-18-31(28)37)34(41)25-40(32-23-29(36)20-19-26(32)2)45(43,44)30-16-9-6-10-17-30/h5-20,23,33H,3-4,21-22,24-25H2,1-2H3,(H,38,42)/t33-/m1/s1. The number of amides is 2. The Labute approximate surface area is 275 Å². The highest BCUT2D eigenvalue weighted by Gasteiger charge is 2.35. The van der Waals surface area contributed by atoms with E-state index in [-0.39, 0.29) is 29.5 Å². The van der Waals surface area contributed by atoms with E-state index in [9.17, 15) is 18.0 Å². The van der Waals surface area contributed by atoms with Gasteiger partial charge in [-0.15, -0.1) is 0 Å². The Bertz CT molecular complexity index is 1700. The zero-order valence-electron chi connectivity index (χ0n) is 25.3. The number of nitrogens with one attached hydrogen (secondary N) is 1. The van der Waals surface area contributed by atoms with Crippen LogP contribution in [0.3, 0.4) is 0 Å². The maximum Gasteiger partial charge on any atom is 0.264 e. The molecule has 0 fully saturated rings. The predicted octanol–water partition coefficient (Wildman–Crippen LogP) is 7.05. The lowest BCUT2D eigenvalue weighted by Crippen LogP contribution is -2.53. The van der Waals surface area contributed by atoms with Crippen LogP contribution in [0.5, 0.6) is 0 Å². The molecule has 0 radical (unpaired) electrons. The van der Waals surface area contributed by atoms with Crippen molar-refractivity contribution in [1.29, 1.82) is 0 Å². The molecule has 0 saturated carbocycles. The normalized spacial score (nSPS) is 11.9. The monoisotopic (exact) mass is 665 g/mol. The van der Waals surface area contributed by atoms with Crippen LogP contribution in [-0.4, -0.2) is 44.3 Å². The quantitative estimate of drug-likeness (QED) is 0.146. The van der Waals surface area contributed by atoms with Crippen LogP contribution in [0.25, 0.3) is 0 Å². The van der Waals surface area contributed by atoms with E-state index in [1.807, 2.05) is 37.3 Å². The van der Waals surface area contributed by atoms with Crippen molar-refractivity contribution >= 4 is 50.7 Å². The molecule has 0 unspecified atom stereocenters. The zero-order valence-corrected chi connectivity index (χ0v) is 27.7. The first-order valence-electron chi connectivity index (χ1n) is 14.8. The first-order valence-corrected chi connectivity index (χ1v) is 17.0. The van der Waals surface area contributed by atoms with Crippen molar-refractivity contribution in [1.82, 2.24) is 10.2 Å². The number of sulfonamides is 1. The number of anilines is 1. The topological polar surface area (TPSA) is 86.8 Å². The highest BCUT2D eigenvalue weighted by Crippen LogP contribution is 2.30. The minimum atomic E-state index is -4.22. The molecular formula is C35H37Cl2N3O4S. The zero-order chi connectivity index (χ0) is 32.4. The van der Waals surface area contributed by atoms with E-state index >= 15 is 0 Å². The molecule has 0 heterocycles. The molecule has 0 aliphatic rings. The molecule has 0 bridgehead atoms. The molecule has 1 N–H and O–H groups in total. The Balaban J connectivity index is 1.82. The lowest BCUT2D eigenvalue weighted by atomic mass is 10.0. The number of carbonyl (C=O) groups is 2. The van der Waals surface area contributed by atoms with Crippen LogP contribution >= 0.6 is 23.2 Å². The van der Waals surface area contributed by atoms with E-state index in [0.29, 0.717) is 27.7 Å². The third kappa shape index (κ3) is 8.87. The van der Waals surface area contributed by atoms with Gasteiger partial charge in [-0.05, 0) is 60.4 Å². The third-order valence-corrected chi connectivity index (χ3v) is 9.83. The van der Waals surface area contributed by atoms with Crippen molar-refractivity contribution < 1.29 is 18.0 Å². The van der Waals surface area contributed by atoms with Gasteiger partial charge in [-0.3, -0.25) is 13.9 Å². The number of hydrogen-bond donors (Lipinski definition) is 1. The summed E-state index contributed by atoms with van der Waals surface area (Å²) in [6, 6.07) is 28.4. The minimum Gasteiger partial charge on any atom is -0.354 e. The average molecular weight is 667 g/mol. The first-order chi connectivity index (χ1) is 21.6. The smallest absolute Gasteiger partial charge is 0.264 e. The van der Waals surface area contributed by atoms with Gasteiger partial charge in [0.05, 0.1) is 10.6 Å². The SMILES string of the molecule is CCCCNC(=O)[C@@H](Cc1ccccc1)N(Cc1ccccc1Cl)C(=O)CN(c1cc(Cl)ccc1C)S(=O)(=O)c1ccccc1. The predicted molar refractivity (Wildman–Crippen MR) is 181 cm³/mol. The third-order valence-electron chi connectivity index (χ3n) is 7.45. The maximum atomic E-state index is 14.5. The lowest BCUT2D eigenvalue weighted by molar-refractivity contribution is -0.140. The largest absolute Gasteiger partial charge is 0.354 e. The van der Waals surface area contributed by atoms with Crippen LogP contribution in [0.4, 0.5) is 5.69 Å². The summed E-state index contributed by atoms with van der Waals surface area (Å²) in [5, 5.41) is 3.73. The fourth-order valence-electron chi connectivity index (χ4n) is 4.95. The number of carbonyl (C=O) groups excluding carboxylic acids is 2. The summed E-state index contributed by atoms with van der Waals surface area (Å²) in [5.41, 5.74) is 2.36. The molecule has 4 aromatic rings. The van der Waals surface area contributed by atoms with Crippen LogP contribution in [0.15, 0.2) is 108 Å². The van der Waals surface area contributed by atoms with E-state index < -0.39 is 28.5 Å². The number of rotatable bonds is 14. The Kier molecular flexibility index (Phi) is 12.0. The Morgan fingerprint density at radius 1 is 0.867 bits per heavy atom. The minimum absolute atomic E-state index is 0.00897. The van der Waals surface area contributed by atoms with Crippen molar-refractivity contribution in [2.24, 2.45) is 0 Å². The van der Waals surface area contributed by atoms with Crippen LogP contribution in [0, 0.1) is 6.92 Å². The van der Waals surface area contributed by atoms with Gasteiger partial charge >= 0.3 is 0 Å². The van der Waals surface area contributed by atoms with Gasteiger partial charge in [0.15, 0.2) is 0 Å². The molecule has 0 aromatic heterocycles. The molecule has 10 heteroatoms. The van der Waals surface area contributed by atoms with Crippen LogP contribution in [0.2, 0.25) is 10.0 Å². The summed E-state index contributed by atoms with van der Waals surface area (Å²) in [4.78, 5) is 29.8. The number of hydrogen-bond acceptors (Lipinski definition) is 4. The van der Waals surface area contributed by atoms with E-state index in [2.05, 4.69) is 5.32 Å². The average Bonchev–Trinajstić information content (AvgIpc) is 3.04. The van der Waals surface area contributed by atoms with Gasteiger partial charge in [-0.1, -0.05) is 109 Å². The number of nitrogens with zero attached hydrogens (tertiary/aromatic N) is 2. The summed E-state index contributed by atoms with van der Waals surface area (Å²) in [6.07, 6.45) is 1.88. The molecule has 0 aliphatic heterocycles. The van der Waals surface area contributed by atoms with E-state index in [4.69, 9.17) is 23.2 Å². The number of unbranched alkanes of at least 4 members (excludes halogenated alkanes) is 1. The molecule has 0 saturated heterocycles. The molecule has 4 rings (SSSR count). The summed E-state index contributed by atoms with van der Waals surface area (Å²) in [6.45, 7) is 3.65. The van der Waals surface area contributed by atoms with E-state index in [0.717, 1.165) is 22.7 Å². The van der Waals surface area contributed by atoms with Gasteiger partial charge < -0.3 is 10.2 Å². The lowest BCUT2D eigenvalue weighted by Gasteiger charge is -2.34. The Hall–Kier alpha value is -3.85. The van der Waals surface area contributed by atoms with Crippen molar-refractivity contribution in [3.8, 4) is 0 Å². The van der Waals surface area contributed by atoms with Crippen molar-refractivity contribution in [2.45, 2.75) is 50.6 Å². The molecule has 7 nitrogen and oxygen atoms in total. The van der Waals surface area contributed by atoms with Gasteiger partial charge in [0.2, 0.25) is 11.8 Å². The van der Waals surface area contributed by atoms with Crippen LogP contribution in [-0.2, 0) is 32.6 Å². The van der Waals surface area contributed by atoms with Gasteiger partial charge in [-0.25, -0.2) is 8.42 Å². The Morgan fingerprint density at radius 3 is 2.18 bits per heavy atom. The highest BCUT2D eigenvalue weighted by molar-refractivity contribution is 7.92. The van der Waals surface area contributed by atoms with Gasteiger partial charge in [-0.2, -0.15) is 0 Å². The molecule has 0 spiro atoms. The van der Waals surface area contributed by atoms with Gasteiger partial charge in [0.25, 0.3) is 10.0 Å². The van der Waals surface area contributed by atoms with Gasteiger partial charge in [0, 0.05) is 29.6 Å². The first kappa shape index (κ1) is 34.0. The number of benzene rings is 4. The summed E-state index contributed by atoms with van der Waals surface area (Å²) >= 11 is 12.9. The summed E-state index contributed by atoms with van der Waals surface area (Å²) < 4.78 is 29.4. The summed E-state index contributed by atoms with van der Waals surface area (Å²) in [5.74, 6) is -0.899. The van der Waals surface area contributed by atoms with E-state index in [1.54, 1.807) is 61.5 Å². The second kappa shape index (κ2) is 15.9. The second-order valence-corrected chi connectivity index (χ2v) is 13.4. The van der Waals surface area contributed by atoms with Crippen molar-refractivity contribution in [3.05, 3.63) is 130 Å². The fraction of sp³-hybridized carbons (Fsp3) is 0.257. The van der Waals surface area contributed by atoms with Crippen molar-refractivity contribution in [2.75, 3.05) is 17.4 Å². The van der Waals surface area contributed by atoms with Crippen LogP contribution in [0.1, 0.15) is 36.5 Å². The Morgan fingerprint density at radius 2 is 1.51 bits per heavy atom. The number of aryl methyl sites for hydroxylation is 1. The molecule has 236 valence electrons. The van der Waals surface area contributed by atoms with Gasteiger partial charge in [0.1, 0.15) is 12.6 Å². The van der Waals surface area contributed by atoms with E-state index in [1.165, 1.54) is 23.1 Å². The van der Waals surface area contributed by atoms with Crippen molar-refractivity contribution in [3.63, 3.8) is 0 Å². The molecular weight excluding hydrogens is 629 g/mol. The highest BCUT2D eigenvalue weighted by atomic mass is 35.5. The summed E-state index contributed by atoms with van der Waals surface area (Å²) in [7, 11) is -4.22. The maximum absolute atomic E-state index is 14.5. The molecule has 2 amide bonds.